The van der Waals surface area contributed by atoms with E-state index in [2.05, 4.69) is 4.98 Å². The number of carboxylic acids is 1. The van der Waals surface area contributed by atoms with Crippen molar-refractivity contribution in [2.75, 3.05) is 6.54 Å². The molecule has 2 atom stereocenters. The highest BCUT2D eigenvalue weighted by Gasteiger charge is 2.32. The number of piperidine rings is 1. The lowest BCUT2D eigenvalue weighted by Gasteiger charge is -2.36. The molecule has 1 aliphatic heterocycles. The molecule has 0 aromatic carbocycles. The number of carbonyl (C=O) groups excluding carboxylic acids is 1. The van der Waals surface area contributed by atoms with Crippen molar-refractivity contribution in [3.05, 3.63) is 16.1 Å². The fourth-order valence-corrected chi connectivity index (χ4v) is 3.25. The Balaban J connectivity index is 2.01. The van der Waals surface area contributed by atoms with Gasteiger partial charge in [0.05, 0.1) is 23.0 Å². The Morgan fingerprint density at radius 3 is 2.85 bits per heavy atom. The van der Waals surface area contributed by atoms with Crippen LogP contribution in [0, 0.1) is 5.92 Å². The van der Waals surface area contributed by atoms with Crippen LogP contribution in [-0.4, -0.2) is 39.5 Å². The van der Waals surface area contributed by atoms with Gasteiger partial charge in [-0.2, -0.15) is 0 Å². The lowest BCUT2D eigenvalue weighted by atomic mass is 9.93. The summed E-state index contributed by atoms with van der Waals surface area (Å²) in [6.45, 7) is 4.34. The molecule has 0 aliphatic carbocycles. The summed E-state index contributed by atoms with van der Waals surface area (Å²) >= 11 is 1.57. The van der Waals surface area contributed by atoms with Gasteiger partial charge in [0.2, 0.25) is 5.91 Å². The molecule has 1 aliphatic rings. The van der Waals surface area contributed by atoms with Crippen molar-refractivity contribution in [3.63, 3.8) is 0 Å². The Labute approximate surface area is 122 Å². The zero-order valence-electron chi connectivity index (χ0n) is 11.8. The maximum atomic E-state index is 12.3. The molecule has 1 amide bonds. The molecule has 1 N–H and O–H groups in total. The minimum atomic E-state index is -0.809. The molecule has 110 valence electrons. The Bertz CT molecular complexity index is 500. The molecule has 1 saturated heterocycles. The van der Waals surface area contributed by atoms with Crippen LogP contribution in [0.3, 0.4) is 0 Å². The summed E-state index contributed by atoms with van der Waals surface area (Å²) in [6, 6.07) is 0.113. The molecular formula is C14H20N2O3S. The number of aromatic nitrogens is 1. The second-order valence-corrected chi connectivity index (χ2v) is 6.21. The van der Waals surface area contributed by atoms with Crippen LogP contribution in [0.15, 0.2) is 5.38 Å². The number of thiazole rings is 1. The van der Waals surface area contributed by atoms with Crippen LogP contribution in [0.5, 0.6) is 0 Å². The highest BCUT2D eigenvalue weighted by Crippen LogP contribution is 2.23. The topological polar surface area (TPSA) is 70.5 Å². The molecule has 2 rings (SSSR count). The first-order chi connectivity index (χ1) is 9.51. The van der Waals surface area contributed by atoms with Crippen LogP contribution in [0.1, 0.15) is 37.4 Å². The van der Waals surface area contributed by atoms with Gasteiger partial charge in [-0.3, -0.25) is 9.59 Å². The third-order valence-electron chi connectivity index (χ3n) is 3.79. The van der Waals surface area contributed by atoms with Crippen molar-refractivity contribution in [1.29, 1.82) is 0 Å². The van der Waals surface area contributed by atoms with E-state index in [1.165, 1.54) is 0 Å². The number of carbonyl (C=O) groups is 2. The SMILES string of the molecule is CCc1nc(CC(=O)N2CC(C(=O)O)CCC2C)cs1. The fourth-order valence-electron chi connectivity index (χ4n) is 2.51. The van der Waals surface area contributed by atoms with E-state index in [4.69, 9.17) is 5.11 Å². The molecule has 2 heterocycles. The van der Waals surface area contributed by atoms with E-state index in [1.54, 1.807) is 16.2 Å². The van der Waals surface area contributed by atoms with Gasteiger partial charge in [0, 0.05) is 18.0 Å². The maximum absolute atomic E-state index is 12.3. The molecule has 0 spiro atoms. The first-order valence-electron chi connectivity index (χ1n) is 6.96. The van der Waals surface area contributed by atoms with Gasteiger partial charge in [0.25, 0.3) is 0 Å². The van der Waals surface area contributed by atoms with E-state index in [-0.39, 0.29) is 18.4 Å². The van der Waals surface area contributed by atoms with Crippen molar-refractivity contribution in [3.8, 4) is 0 Å². The number of hydrogen-bond donors (Lipinski definition) is 1. The second-order valence-electron chi connectivity index (χ2n) is 5.27. The van der Waals surface area contributed by atoms with Gasteiger partial charge >= 0.3 is 5.97 Å². The monoisotopic (exact) mass is 296 g/mol. The van der Waals surface area contributed by atoms with Crippen molar-refractivity contribution >= 4 is 23.2 Å². The average molecular weight is 296 g/mol. The van der Waals surface area contributed by atoms with E-state index in [0.29, 0.717) is 13.0 Å². The van der Waals surface area contributed by atoms with Crippen molar-refractivity contribution in [2.24, 2.45) is 5.92 Å². The summed E-state index contributed by atoms with van der Waals surface area (Å²) in [5, 5.41) is 12.0. The minimum absolute atomic E-state index is 0.0172. The highest BCUT2D eigenvalue weighted by atomic mass is 32.1. The van der Waals surface area contributed by atoms with Gasteiger partial charge < -0.3 is 10.0 Å². The first kappa shape index (κ1) is 15.0. The number of rotatable bonds is 4. The summed E-state index contributed by atoms with van der Waals surface area (Å²) in [7, 11) is 0. The smallest absolute Gasteiger partial charge is 0.308 e. The molecule has 5 nitrogen and oxygen atoms in total. The predicted molar refractivity (Wildman–Crippen MR) is 76.7 cm³/mol. The molecule has 6 heteroatoms. The van der Waals surface area contributed by atoms with Crippen LogP contribution in [0.25, 0.3) is 0 Å². The molecular weight excluding hydrogens is 276 g/mol. The van der Waals surface area contributed by atoms with Crippen LogP contribution < -0.4 is 0 Å². The number of hydrogen-bond acceptors (Lipinski definition) is 4. The largest absolute Gasteiger partial charge is 0.481 e. The summed E-state index contributed by atoms with van der Waals surface area (Å²) in [4.78, 5) is 29.5. The third-order valence-corrected chi connectivity index (χ3v) is 4.83. The van der Waals surface area contributed by atoms with Gasteiger partial charge in [0.15, 0.2) is 0 Å². The zero-order valence-corrected chi connectivity index (χ0v) is 12.7. The third kappa shape index (κ3) is 3.36. The van der Waals surface area contributed by atoms with Crippen LogP contribution in [0.4, 0.5) is 0 Å². The van der Waals surface area contributed by atoms with Crippen LogP contribution >= 0.6 is 11.3 Å². The summed E-state index contributed by atoms with van der Waals surface area (Å²) in [5.74, 6) is -1.26. The van der Waals surface area contributed by atoms with Gasteiger partial charge in [-0.15, -0.1) is 11.3 Å². The zero-order chi connectivity index (χ0) is 14.7. The Hall–Kier alpha value is -1.43. The Kier molecular flexibility index (Phi) is 4.75. The molecule has 0 bridgehead atoms. The highest BCUT2D eigenvalue weighted by molar-refractivity contribution is 7.09. The van der Waals surface area contributed by atoms with Gasteiger partial charge in [-0.05, 0) is 26.2 Å². The normalized spacial score (nSPS) is 22.8. The van der Waals surface area contributed by atoms with E-state index < -0.39 is 11.9 Å². The Morgan fingerprint density at radius 2 is 2.25 bits per heavy atom. The maximum Gasteiger partial charge on any atom is 0.308 e. The number of carboxylic acid groups (broad SMARTS) is 1. The Morgan fingerprint density at radius 1 is 1.50 bits per heavy atom. The number of aryl methyl sites for hydroxylation is 1. The van der Waals surface area contributed by atoms with Gasteiger partial charge in [-0.1, -0.05) is 6.92 Å². The molecule has 0 saturated carbocycles. The molecule has 2 unspecified atom stereocenters. The summed E-state index contributed by atoms with van der Waals surface area (Å²) in [5.41, 5.74) is 0.793. The van der Waals surface area contributed by atoms with E-state index in [9.17, 15) is 9.59 Å². The van der Waals surface area contributed by atoms with Gasteiger partial charge in [0.1, 0.15) is 0 Å². The molecule has 1 aromatic rings. The first-order valence-corrected chi connectivity index (χ1v) is 7.84. The lowest BCUT2D eigenvalue weighted by Crippen LogP contribution is -2.47. The minimum Gasteiger partial charge on any atom is -0.481 e. The summed E-state index contributed by atoms with van der Waals surface area (Å²) < 4.78 is 0. The van der Waals surface area contributed by atoms with Crippen LogP contribution in [0.2, 0.25) is 0 Å². The predicted octanol–water partition coefficient (Wildman–Crippen LogP) is 1.96. The van der Waals surface area contributed by atoms with E-state index in [0.717, 1.165) is 23.5 Å². The summed E-state index contributed by atoms with van der Waals surface area (Å²) in [6.07, 6.45) is 2.55. The number of nitrogens with zero attached hydrogens (tertiary/aromatic N) is 2. The standard InChI is InChI=1S/C14H20N2O3S/c1-3-12-15-11(8-20-12)6-13(17)16-7-10(14(18)19)5-4-9(16)2/h8-10H,3-7H2,1-2H3,(H,18,19). The lowest BCUT2D eigenvalue weighted by molar-refractivity contribution is -0.147. The quantitative estimate of drug-likeness (QED) is 0.922. The molecule has 1 aromatic heterocycles. The van der Waals surface area contributed by atoms with E-state index >= 15 is 0 Å². The molecule has 20 heavy (non-hydrogen) atoms. The van der Waals surface area contributed by atoms with Crippen LogP contribution in [-0.2, 0) is 22.4 Å². The molecule has 1 fully saturated rings. The van der Waals surface area contributed by atoms with Gasteiger partial charge in [-0.25, -0.2) is 4.98 Å². The number of aliphatic carboxylic acids is 1. The van der Waals surface area contributed by atoms with Crippen molar-refractivity contribution in [2.45, 2.75) is 45.6 Å². The van der Waals surface area contributed by atoms with E-state index in [1.807, 2.05) is 19.2 Å². The number of amides is 1. The average Bonchev–Trinajstić information content (AvgIpc) is 2.86. The van der Waals surface area contributed by atoms with Crippen molar-refractivity contribution < 1.29 is 14.7 Å². The second kappa shape index (κ2) is 6.35. The molecule has 0 radical (unpaired) electrons. The number of likely N-dealkylation sites (tertiary alicyclic amines) is 1. The fraction of sp³-hybridized carbons (Fsp3) is 0.643. The van der Waals surface area contributed by atoms with Crippen molar-refractivity contribution in [1.82, 2.24) is 9.88 Å².